The fourth-order valence-electron chi connectivity index (χ4n) is 3.43. The molecule has 3 aromatic rings. The number of fused-ring (bicyclic) bond motifs is 1. The summed E-state index contributed by atoms with van der Waals surface area (Å²) in [5.74, 6) is -0.248. The molecular formula is C22H21FO2S. The third-order valence-electron chi connectivity index (χ3n) is 4.87. The monoisotopic (exact) mass is 368 g/mol. The summed E-state index contributed by atoms with van der Waals surface area (Å²) in [5, 5.41) is 2.38. The molecule has 134 valence electrons. The van der Waals surface area contributed by atoms with Crippen molar-refractivity contribution in [1.82, 2.24) is 0 Å². The molecule has 4 rings (SSSR count). The van der Waals surface area contributed by atoms with Crippen molar-refractivity contribution >= 4 is 22.5 Å². The molecule has 1 aliphatic rings. The highest BCUT2D eigenvalue weighted by atomic mass is 32.2. The lowest BCUT2D eigenvalue weighted by Crippen LogP contribution is -2.28. The van der Waals surface area contributed by atoms with Gasteiger partial charge in [-0.1, -0.05) is 49.0 Å². The molecule has 1 aliphatic heterocycles. The molecule has 0 bridgehead atoms. The van der Waals surface area contributed by atoms with Gasteiger partial charge in [0.2, 0.25) is 0 Å². The van der Waals surface area contributed by atoms with Gasteiger partial charge in [-0.15, -0.1) is 0 Å². The first-order valence-electron chi connectivity index (χ1n) is 8.85. The highest BCUT2D eigenvalue weighted by molar-refractivity contribution is 7.99. The quantitative estimate of drug-likeness (QED) is 0.552. The van der Waals surface area contributed by atoms with E-state index in [0.717, 1.165) is 21.8 Å². The van der Waals surface area contributed by atoms with Crippen LogP contribution < -0.4 is 0 Å². The molecule has 0 aliphatic carbocycles. The van der Waals surface area contributed by atoms with E-state index >= 15 is 0 Å². The van der Waals surface area contributed by atoms with E-state index in [4.69, 9.17) is 9.47 Å². The Morgan fingerprint density at radius 3 is 2.58 bits per heavy atom. The second kappa shape index (κ2) is 7.03. The third kappa shape index (κ3) is 3.37. The lowest BCUT2D eigenvalue weighted by Gasteiger charge is -2.26. The molecule has 1 saturated heterocycles. The van der Waals surface area contributed by atoms with Crippen LogP contribution in [-0.4, -0.2) is 12.9 Å². The van der Waals surface area contributed by atoms with Crippen LogP contribution >= 0.6 is 11.8 Å². The average Bonchev–Trinajstić information content (AvgIpc) is 3.04. The van der Waals surface area contributed by atoms with E-state index in [9.17, 15) is 4.39 Å². The number of ether oxygens (including phenoxy) is 2. The molecule has 2 atom stereocenters. The minimum Gasteiger partial charge on any atom is -0.350 e. The van der Waals surface area contributed by atoms with Crippen LogP contribution in [0.25, 0.3) is 10.8 Å². The Balaban J connectivity index is 1.67. The first-order chi connectivity index (χ1) is 12.6. The van der Waals surface area contributed by atoms with Crippen LogP contribution in [0.3, 0.4) is 0 Å². The molecule has 1 heterocycles. The SMILES string of the molecule is CCC1(c2cc(F)cc(Sc3ccc4ccccc4c3)c2)COC(C)O1. The molecule has 0 N–H and O–H groups in total. The maximum Gasteiger partial charge on any atom is 0.156 e. The van der Waals surface area contributed by atoms with Crippen molar-refractivity contribution in [3.8, 4) is 0 Å². The van der Waals surface area contributed by atoms with Crippen LogP contribution in [-0.2, 0) is 15.1 Å². The average molecular weight is 368 g/mol. The summed E-state index contributed by atoms with van der Waals surface area (Å²) < 4.78 is 25.9. The minimum absolute atomic E-state index is 0.248. The number of hydrogen-bond donors (Lipinski definition) is 0. The Labute approximate surface area is 157 Å². The van der Waals surface area contributed by atoms with Gasteiger partial charge in [0.25, 0.3) is 0 Å². The summed E-state index contributed by atoms with van der Waals surface area (Å²) >= 11 is 1.56. The van der Waals surface area contributed by atoms with Crippen molar-refractivity contribution in [1.29, 1.82) is 0 Å². The zero-order chi connectivity index (χ0) is 18.1. The molecule has 3 aromatic carbocycles. The molecule has 2 nitrogen and oxygen atoms in total. The zero-order valence-electron chi connectivity index (χ0n) is 14.9. The molecule has 4 heteroatoms. The number of hydrogen-bond acceptors (Lipinski definition) is 3. The molecule has 1 fully saturated rings. The molecule has 0 spiro atoms. The van der Waals surface area contributed by atoms with Crippen LogP contribution in [0.1, 0.15) is 25.8 Å². The van der Waals surface area contributed by atoms with Crippen molar-refractivity contribution in [3.63, 3.8) is 0 Å². The molecule has 2 unspecified atom stereocenters. The van der Waals surface area contributed by atoms with Crippen molar-refractivity contribution < 1.29 is 13.9 Å². The van der Waals surface area contributed by atoms with E-state index in [2.05, 4.69) is 30.3 Å². The predicted octanol–water partition coefficient (Wildman–Crippen LogP) is 6.13. The van der Waals surface area contributed by atoms with E-state index < -0.39 is 5.60 Å². The lowest BCUT2D eigenvalue weighted by atomic mass is 9.92. The van der Waals surface area contributed by atoms with Crippen LogP contribution in [0.5, 0.6) is 0 Å². The second-order valence-corrected chi connectivity index (χ2v) is 7.78. The number of halogens is 1. The first kappa shape index (κ1) is 17.5. The maximum atomic E-state index is 14.3. The van der Waals surface area contributed by atoms with Crippen LogP contribution in [0, 0.1) is 5.82 Å². The van der Waals surface area contributed by atoms with Crippen molar-refractivity contribution in [3.05, 3.63) is 72.0 Å². The summed E-state index contributed by atoms with van der Waals surface area (Å²) in [6, 6.07) is 19.7. The zero-order valence-corrected chi connectivity index (χ0v) is 15.7. The lowest BCUT2D eigenvalue weighted by molar-refractivity contribution is -0.0811. The largest absolute Gasteiger partial charge is 0.350 e. The van der Waals surface area contributed by atoms with Crippen LogP contribution in [0.15, 0.2) is 70.5 Å². The Hall–Kier alpha value is -1.88. The molecule has 0 amide bonds. The van der Waals surface area contributed by atoms with Crippen LogP contribution in [0.2, 0.25) is 0 Å². The molecule has 0 aromatic heterocycles. The summed E-state index contributed by atoms with van der Waals surface area (Å²) in [6.45, 7) is 4.37. The fourth-order valence-corrected chi connectivity index (χ4v) is 4.38. The van der Waals surface area contributed by atoms with E-state index in [-0.39, 0.29) is 12.1 Å². The Bertz CT molecular complexity index is 942. The van der Waals surface area contributed by atoms with Gasteiger partial charge in [-0.2, -0.15) is 0 Å². The first-order valence-corrected chi connectivity index (χ1v) is 9.67. The predicted molar refractivity (Wildman–Crippen MR) is 103 cm³/mol. The van der Waals surface area contributed by atoms with Crippen molar-refractivity contribution in [2.24, 2.45) is 0 Å². The van der Waals surface area contributed by atoms with Gasteiger partial charge in [0.15, 0.2) is 6.29 Å². The van der Waals surface area contributed by atoms with Gasteiger partial charge in [0, 0.05) is 9.79 Å². The van der Waals surface area contributed by atoms with Gasteiger partial charge in [-0.05, 0) is 60.0 Å². The Morgan fingerprint density at radius 2 is 1.85 bits per heavy atom. The fraction of sp³-hybridized carbons (Fsp3) is 0.273. The molecule has 0 radical (unpaired) electrons. The van der Waals surface area contributed by atoms with Crippen LogP contribution in [0.4, 0.5) is 4.39 Å². The maximum absolute atomic E-state index is 14.3. The standard InChI is InChI=1S/C22H21FO2S/c1-3-22(14-24-15(2)25-22)18-11-19(23)13-21(12-18)26-20-9-8-16-6-4-5-7-17(16)10-20/h4-13,15H,3,14H2,1-2H3. The van der Waals surface area contributed by atoms with Gasteiger partial charge >= 0.3 is 0 Å². The molecule has 0 saturated carbocycles. The highest BCUT2D eigenvalue weighted by Gasteiger charge is 2.40. The molecule has 26 heavy (non-hydrogen) atoms. The normalized spacial score (nSPS) is 22.8. The molecular weight excluding hydrogens is 347 g/mol. The van der Waals surface area contributed by atoms with E-state index in [1.165, 1.54) is 10.8 Å². The summed E-state index contributed by atoms with van der Waals surface area (Å²) in [5.41, 5.74) is 0.271. The van der Waals surface area contributed by atoms with Crippen molar-refractivity contribution in [2.75, 3.05) is 6.61 Å². The van der Waals surface area contributed by atoms with Gasteiger partial charge in [0.05, 0.1) is 6.61 Å². The summed E-state index contributed by atoms with van der Waals surface area (Å²) in [6.07, 6.45) is 0.468. The van der Waals surface area contributed by atoms with Gasteiger partial charge in [0.1, 0.15) is 11.4 Å². The topological polar surface area (TPSA) is 18.5 Å². The van der Waals surface area contributed by atoms with Crippen molar-refractivity contribution in [2.45, 2.75) is 42.0 Å². The smallest absolute Gasteiger partial charge is 0.156 e. The van der Waals surface area contributed by atoms with Gasteiger partial charge in [-0.3, -0.25) is 0 Å². The number of rotatable bonds is 4. The second-order valence-electron chi connectivity index (χ2n) is 6.63. The summed E-state index contributed by atoms with van der Waals surface area (Å²) in [4.78, 5) is 1.95. The third-order valence-corrected chi connectivity index (χ3v) is 5.83. The minimum atomic E-state index is -0.569. The number of benzene rings is 3. The Morgan fingerprint density at radius 1 is 1.04 bits per heavy atom. The van der Waals surface area contributed by atoms with E-state index in [0.29, 0.717) is 6.61 Å². The highest BCUT2D eigenvalue weighted by Crippen LogP contribution is 2.39. The van der Waals surface area contributed by atoms with E-state index in [1.54, 1.807) is 23.9 Å². The van der Waals surface area contributed by atoms with E-state index in [1.807, 2.05) is 32.0 Å². The van der Waals surface area contributed by atoms with Gasteiger partial charge < -0.3 is 9.47 Å². The Kier molecular flexibility index (Phi) is 4.74. The van der Waals surface area contributed by atoms with Gasteiger partial charge in [-0.25, -0.2) is 4.39 Å². The summed E-state index contributed by atoms with van der Waals surface area (Å²) in [7, 11) is 0.